The van der Waals surface area contributed by atoms with Crippen LogP contribution in [-0.4, -0.2) is 23.5 Å². The second kappa shape index (κ2) is 4.99. The predicted molar refractivity (Wildman–Crippen MR) is 65.8 cm³/mol. The van der Waals surface area contributed by atoms with Gasteiger partial charge in [-0.2, -0.15) is 0 Å². The van der Waals surface area contributed by atoms with Crippen molar-refractivity contribution in [3.8, 4) is 5.75 Å². The Kier molecular flexibility index (Phi) is 3.55. The first-order valence-electron chi connectivity index (χ1n) is 6.22. The average molecular weight is 266 g/mol. The third kappa shape index (κ3) is 2.20. The molecule has 1 aliphatic carbocycles. The summed E-state index contributed by atoms with van der Waals surface area (Å²) in [7, 11) is 0. The van der Waals surface area contributed by atoms with Gasteiger partial charge in [-0.05, 0) is 38.0 Å². The van der Waals surface area contributed by atoms with E-state index in [0.717, 1.165) is 6.07 Å². The Labute approximate surface area is 110 Å². The number of ketones is 1. The molecular weight excluding hydrogens is 251 g/mol. The molecule has 0 heterocycles. The molecule has 0 unspecified atom stereocenters. The number of hydrogen-bond acceptors (Lipinski definition) is 3. The number of carbonyl (C=O) groups is 2. The summed E-state index contributed by atoms with van der Waals surface area (Å²) >= 11 is 0. The van der Waals surface area contributed by atoms with E-state index < -0.39 is 23.0 Å². The molecule has 102 valence electrons. The van der Waals surface area contributed by atoms with Gasteiger partial charge in [0.05, 0.1) is 6.61 Å². The number of carboxylic acid groups (broad SMARTS) is 1. The molecular formula is C14H15FO4. The number of aliphatic carboxylic acids is 1. The SMILES string of the molecule is CCOc1ccc(C(=O)C2(C(=O)O)CCC2)cc1F. The predicted octanol–water partition coefficient (Wildman–Crippen LogP) is 2.66. The van der Waals surface area contributed by atoms with Crippen molar-refractivity contribution in [3.63, 3.8) is 0 Å². The van der Waals surface area contributed by atoms with Crippen molar-refractivity contribution in [2.45, 2.75) is 26.2 Å². The fourth-order valence-corrected chi connectivity index (χ4v) is 2.26. The summed E-state index contributed by atoms with van der Waals surface area (Å²) < 4.78 is 18.7. The van der Waals surface area contributed by atoms with Crippen LogP contribution < -0.4 is 4.74 Å². The van der Waals surface area contributed by atoms with Crippen molar-refractivity contribution in [1.29, 1.82) is 0 Å². The van der Waals surface area contributed by atoms with E-state index in [4.69, 9.17) is 4.74 Å². The molecule has 1 fully saturated rings. The fourth-order valence-electron chi connectivity index (χ4n) is 2.26. The summed E-state index contributed by atoms with van der Waals surface area (Å²) in [6.45, 7) is 2.05. The normalized spacial score (nSPS) is 16.5. The average Bonchev–Trinajstić information content (AvgIpc) is 2.29. The lowest BCUT2D eigenvalue weighted by molar-refractivity contribution is -0.150. The topological polar surface area (TPSA) is 63.6 Å². The van der Waals surface area contributed by atoms with Crippen LogP contribution in [0.2, 0.25) is 0 Å². The standard InChI is InChI=1S/C14H15FO4/c1-2-19-11-5-4-9(8-10(11)15)12(16)14(13(17)18)6-3-7-14/h4-5,8H,2-3,6-7H2,1H3,(H,17,18). The molecule has 0 aromatic heterocycles. The molecule has 0 radical (unpaired) electrons. The molecule has 2 rings (SSSR count). The number of carbonyl (C=O) groups excluding carboxylic acids is 1. The van der Waals surface area contributed by atoms with Gasteiger partial charge in [0.15, 0.2) is 17.3 Å². The number of rotatable bonds is 5. The number of hydrogen-bond donors (Lipinski definition) is 1. The lowest BCUT2D eigenvalue weighted by Gasteiger charge is -2.35. The minimum atomic E-state index is -1.36. The van der Waals surface area contributed by atoms with E-state index in [0.29, 0.717) is 25.9 Å². The molecule has 0 saturated heterocycles. The lowest BCUT2D eigenvalue weighted by Crippen LogP contribution is -2.45. The summed E-state index contributed by atoms with van der Waals surface area (Å²) in [5, 5.41) is 9.18. The Morgan fingerprint density at radius 3 is 2.53 bits per heavy atom. The van der Waals surface area contributed by atoms with Crippen molar-refractivity contribution in [3.05, 3.63) is 29.6 Å². The van der Waals surface area contributed by atoms with Gasteiger partial charge < -0.3 is 9.84 Å². The maximum atomic E-state index is 13.7. The summed E-state index contributed by atoms with van der Waals surface area (Å²) in [4.78, 5) is 23.5. The minimum Gasteiger partial charge on any atom is -0.491 e. The highest BCUT2D eigenvalue weighted by atomic mass is 19.1. The van der Waals surface area contributed by atoms with Gasteiger partial charge in [0, 0.05) is 5.56 Å². The summed E-state index contributed by atoms with van der Waals surface area (Å²) in [6.07, 6.45) is 1.34. The maximum absolute atomic E-state index is 13.7. The van der Waals surface area contributed by atoms with Crippen molar-refractivity contribution in [2.24, 2.45) is 5.41 Å². The Morgan fingerprint density at radius 2 is 2.11 bits per heavy atom. The van der Waals surface area contributed by atoms with Gasteiger partial charge in [0.25, 0.3) is 0 Å². The van der Waals surface area contributed by atoms with Crippen LogP contribution in [0.5, 0.6) is 5.75 Å². The van der Waals surface area contributed by atoms with E-state index in [9.17, 15) is 19.1 Å². The zero-order chi connectivity index (χ0) is 14.0. The first-order valence-corrected chi connectivity index (χ1v) is 6.22. The molecule has 1 aromatic rings. The third-order valence-electron chi connectivity index (χ3n) is 3.55. The molecule has 4 nitrogen and oxygen atoms in total. The van der Waals surface area contributed by atoms with Crippen LogP contribution >= 0.6 is 0 Å². The number of Topliss-reactive ketones (excluding diaryl/α,β-unsaturated/α-hetero) is 1. The van der Waals surface area contributed by atoms with Gasteiger partial charge in [-0.1, -0.05) is 6.42 Å². The van der Waals surface area contributed by atoms with Crippen LogP contribution in [0.15, 0.2) is 18.2 Å². The number of ether oxygens (including phenoxy) is 1. The van der Waals surface area contributed by atoms with Gasteiger partial charge in [-0.3, -0.25) is 9.59 Å². The molecule has 1 aromatic carbocycles. The Hall–Kier alpha value is -1.91. The molecule has 0 amide bonds. The largest absolute Gasteiger partial charge is 0.491 e. The van der Waals surface area contributed by atoms with Crippen molar-refractivity contribution in [1.82, 2.24) is 0 Å². The van der Waals surface area contributed by atoms with E-state index in [2.05, 4.69) is 0 Å². The summed E-state index contributed by atoms with van der Waals surface area (Å²) in [6, 6.07) is 3.83. The fraction of sp³-hybridized carbons (Fsp3) is 0.429. The number of halogens is 1. The molecule has 0 bridgehead atoms. The monoisotopic (exact) mass is 266 g/mol. The van der Waals surface area contributed by atoms with E-state index in [1.807, 2.05) is 0 Å². The van der Waals surface area contributed by atoms with Crippen molar-refractivity contribution >= 4 is 11.8 Å². The maximum Gasteiger partial charge on any atom is 0.317 e. The summed E-state index contributed by atoms with van der Waals surface area (Å²) in [5.41, 5.74) is -1.28. The van der Waals surface area contributed by atoms with Gasteiger partial charge >= 0.3 is 5.97 Å². The molecule has 0 spiro atoms. The number of benzene rings is 1. The Bertz CT molecular complexity index is 520. The Morgan fingerprint density at radius 1 is 1.42 bits per heavy atom. The smallest absolute Gasteiger partial charge is 0.317 e. The molecule has 1 saturated carbocycles. The molecule has 0 atom stereocenters. The summed E-state index contributed by atoms with van der Waals surface area (Å²) in [5.74, 6) is -2.23. The highest BCUT2D eigenvalue weighted by molar-refractivity contribution is 6.12. The van der Waals surface area contributed by atoms with Crippen molar-refractivity contribution < 1.29 is 23.8 Å². The molecule has 19 heavy (non-hydrogen) atoms. The van der Waals surface area contributed by atoms with Crippen LogP contribution in [0.3, 0.4) is 0 Å². The van der Waals surface area contributed by atoms with Gasteiger partial charge in [0.1, 0.15) is 5.41 Å². The van der Waals surface area contributed by atoms with Crippen molar-refractivity contribution in [2.75, 3.05) is 6.61 Å². The molecule has 1 N–H and O–H groups in total. The molecule has 0 aliphatic heterocycles. The van der Waals surface area contributed by atoms with E-state index >= 15 is 0 Å². The minimum absolute atomic E-state index is 0.0667. The zero-order valence-electron chi connectivity index (χ0n) is 10.6. The highest BCUT2D eigenvalue weighted by Crippen LogP contribution is 2.44. The lowest BCUT2D eigenvalue weighted by atomic mass is 9.64. The van der Waals surface area contributed by atoms with E-state index in [1.54, 1.807) is 6.92 Å². The van der Waals surface area contributed by atoms with E-state index in [1.165, 1.54) is 12.1 Å². The first-order chi connectivity index (χ1) is 9.01. The quantitative estimate of drug-likeness (QED) is 0.657. The van der Waals surface area contributed by atoms with Crippen LogP contribution in [-0.2, 0) is 4.79 Å². The van der Waals surface area contributed by atoms with Crippen LogP contribution in [0.1, 0.15) is 36.5 Å². The van der Waals surface area contributed by atoms with Gasteiger partial charge in [0.2, 0.25) is 0 Å². The molecule has 1 aliphatic rings. The van der Waals surface area contributed by atoms with Gasteiger partial charge in [-0.25, -0.2) is 4.39 Å². The highest BCUT2D eigenvalue weighted by Gasteiger charge is 2.51. The zero-order valence-corrected chi connectivity index (χ0v) is 10.6. The van der Waals surface area contributed by atoms with Crippen LogP contribution in [0, 0.1) is 11.2 Å². The molecule has 5 heteroatoms. The second-order valence-corrected chi connectivity index (χ2v) is 4.65. The van der Waals surface area contributed by atoms with Crippen LogP contribution in [0.25, 0.3) is 0 Å². The third-order valence-corrected chi connectivity index (χ3v) is 3.55. The number of carboxylic acids is 1. The van der Waals surface area contributed by atoms with E-state index in [-0.39, 0.29) is 11.3 Å². The Balaban J connectivity index is 2.29. The first kappa shape index (κ1) is 13.5. The second-order valence-electron chi connectivity index (χ2n) is 4.65. The van der Waals surface area contributed by atoms with Gasteiger partial charge in [-0.15, -0.1) is 0 Å². The van der Waals surface area contributed by atoms with Crippen LogP contribution in [0.4, 0.5) is 4.39 Å².